The van der Waals surface area contributed by atoms with Crippen LogP contribution in [0.4, 0.5) is 0 Å². The molecule has 1 amide bonds. The van der Waals surface area contributed by atoms with Crippen molar-refractivity contribution in [2.24, 2.45) is 0 Å². The highest BCUT2D eigenvalue weighted by molar-refractivity contribution is 7.45. The van der Waals surface area contributed by atoms with Crippen molar-refractivity contribution < 1.29 is 32.9 Å². The number of nitrogens with zero attached hydrogens (tertiary/aromatic N) is 1. The number of carbonyl (C=O) groups excluding carboxylic acids is 1. The van der Waals surface area contributed by atoms with E-state index >= 15 is 0 Å². The molecule has 0 rings (SSSR count). The third kappa shape index (κ3) is 57.0. The van der Waals surface area contributed by atoms with Crippen molar-refractivity contribution in [2.45, 2.75) is 264 Å². The molecular weight excluding hydrogens is 924 g/mol. The second-order valence-electron chi connectivity index (χ2n) is 21.3. The van der Waals surface area contributed by atoms with Crippen molar-refractivity contribution in [2.75, 3.05) is 40.9 Å². The van der Waals surface area contributed by atoms with Crippen LogP contribution in [0.5, 0.6) is 0 Å². The molecule has 73 heavy (non-hydrogen) atoms. The second-order valence-corrected chi connectivity index (χ2v) is 22.7. The van der Waals surface area contributed by atoms with Gasteiger partial charge in [0.25, 0.3) is 7.82 Å². The van der Waals surface area contributed by atoms with Crippen LogP contribution in [0.15, 0.2) is 97.2 Å². The lowest BCUT2D eigenvalue weighted by molar-refractivity contribution is -0.870. The quantitative estimate of drug-likeness (QED) is 0.0272. The molecule has 3 atom stereocenters. The van der Waals surface area contributed by atoms with Crippen molar-refractivity contribution in [3.8, 4) is 0 Å². The summed E-state index contributed by atoms with van der Waals surface area (Å²) < 4.78 is 23.4. The van der Waals surface area contributed by atoms with Crippen molar-refractivity contribution in [1.29, 1.82) is 0 Å². The van der Waals surface area contributed by atoms with Gasteiger partial charge in [-0.3, -0.25) is 9.36 Å². The van der Waals surface area contributed by atoms with Crippen molar-refractivity contribution in [3.63, 3.8) is 0 Å². The number of aliphatic hydroxyl groups excluding tert-OH is 1. The van der Waals surface area contributed by atoms with E-state index in [-0.39, 0.29) is 19.1 Å². The smallest absolute Gasteiger partial charge is 0.268 e. The number of carbonyl (C=O) groups is 1. The summed E-state index contributed by atoms with van der Waals surface area (Å²) in [5.74, 6) is -0.211. The fourth-order valence-corrected chi connectivity index (χ4v) is 9.09. The first kappa shape index (κ1) is 70.4. The summed E-state index contributed by atoms with van der Waals surface area (Å²) >= 11 is 0. The topological polar surface area (TPSA) is 108 Å². The number of nitrogens with one attached hydrogen (secondary N) is 1. The second kappa shape index (κ2) is 54.2. The molecule has 0 aliphatic carbocycles. The van der Waals surface area contributed by atoms with Gasteiger partial charge in [-0.15, -0.1) is 0 Å². The maximum atomic E-state index is 13.0. The molecule has 0 aliphatic heterocycles. The Labute approximate surface area is 451 Å². The zero-order chi connectivity index (χ0) is 53.5. The number of quaternary nitrogens is 1. The van der Waals surface area contributed by atoms with E-state index in [9.17, 15) is 19.4 Å². The maximum absolute atomic E-state index is 13.0. The first-order valence-corrected chi connectivity index (χ1v) is 31.6. The molecule has 0 fully saturated rings. The third-order valence-electron chi connectivity index (χ3n) is 13.0. The average molecular weight is 1040 g/mol. The highest BCUT2D eigenvalue weighted by atomic mass is 31.2. The minimum Gasteiger partial charge on any atom is -0.756 e. The SMILES string of the molecule is CC/C=C\C/C=C\C/C=C\C/C=C\C/C=C\C/C=C\C/C=C\CCCCCCCCCC(=O)NC(COP(=O)([O-])OCC[N+](C)(C)C)C(O)/C=C/CCCCCCCCCCCCCCCCCCCCCC. The monoisotopic (exact) mass is 1040 g/mol. The van der Waals surface area contributed by atoms with Crippen LogP contribution in [-0.4, -0.2) is 68.5 Å². The molecule has 0 saturated heterocycles. The van der Waals surface area contributed by atoms with E-state index in [1.807, 2.05) is 27.2 Å². The van der Waals surface area contributed by atoms with Gasteiger partial charge in [-0.2, -0.15) is 0 Å². The number of phosphoric acid groups is 1. The van der Waals surface area contributed by atoms with Gasteiger partial charge in [-0.05, 0) is 77.0 Å². The number of allylic oxidation sites excluding steroid dienone is 15. The lowest BCUT2D eigenvalue weighted by atomic mass is 10.0. The molecule has 0 aromatic rings. The maximum Gasteiger partial charge on any atom is 0.268 e. The molecule has 422 valence electrons. The molecule has 2 N–H and O–H groups in total. The summed E-state index contributed by atoms with van der Waals surface area (Å²) in [6, 6.07) is -0.900. The molecule has 0 aliphatic rings. The number of amides is 1. The predicted octanol–water partition coefficient (Wildman–Crippen LogP) is 18.0. The van der Waals surface area contributed by atoms with Gasteiger partial charge in [0.05, 0.1) is 39.9 Å². The summed E-state index contributed by atoms with van der Waals surface area (Å²) in [6.07, 6.45) is 77.6. The number of hydrogen-bond acceptors (Lipinski definition) is 6. The number of aliphatic hydroxyl groups is 1. The minimum atomic E-state index is -4.61. The fourth-order valence-electron chi connectivity index (χ4n) is 8.37. The number of phosphoric ester groups is 1. The van der Waals surface area contributed by atoms with Gasteiger partial charge in [-0.1, -0.05) is 265 Å². The van der Waals surface area contributed by atoms with Crippen molar-refractivity contribution in [1.82, 2.24) is 5.32 Å². The summed E-state index contributed by atoms with van der Waals surface area (Å²) in [5, 5.41) is 13.9. The molecule has 0 aromatic heterocycles. The molecule has 0 spiro atoms. The van der Waals surface area contributed by atoms with Gasteiger partial charge in [0.1, 0.15) is 13.2 Å². The van der Waals surface area contributed by atoms with Gasteiger partial charge >= 0.3 is 0 Å². The van der Waals surface area contributed by atoms with E-state index < -0.39 is 20.0 Å². The summed E-state index contributed by atoms with van der Waals surface area (Å²) in [5.41, 5.74) is 0. The number of rotatable bonds is 54. The van der Waals surface area contributed by atoms with Crippen LogP contribution in [0, 0.1) is 0 Å². The first-order valence-electron chi connectivity index (χ1n) is 30.1. The van der Waals surface area contributed by atoms with E-state index in [4.69, 9.17) is 9.05 Å². The Morgan fingerprint density at radius 1 is 0.493 bits per heavy atom. The largest absolute Gasteiger partial charge is 0.756 e. The van der Waals surface area contributed by atoms with Gasteiger partial charge in [0.2, 0.25) is 5.91 Å². The highest BCUT2D eigenvalue weighted by Gasteiger charge is 2.23. The predicted molar refractivity (Wildman–Crippen MR) is 316 cm³/mol. The Balaban J connectivity index is 4.25. The molecule has 9 heteroatoms. The van der Waals surface area contributed by atoms with Gasteiger partial charge < -0.3 is 28.8 Å². The van der Waals surface area contributed by atoms with Crippen LogP contribution in [0.3, 0.4) is 0 Å². The molecule has 3 unspecified atom stereocenters. The minimum absolute atomic E-state index is 0.00792. The number of hydrogen-bond donors (Lipinski definition) is 2. The summed E-state index contributed by atoms with van der Waals surface area (Å²) in [6.45, 7) is 4.54. The molecule has 0 radical (unpaired) electrons. The molecule has 0 saturated carbocycles. The van der Waals surface area contributed by atoms with E-state index in [2.05, 4.69) is 104 Å². The molecule has 0 aromatic carbocycles. The van der Waals surface area contributed by atoms with Crippen LogP contribution in [0.25, 0.3) is 0 Å². The molecule has 0 bridgehead atoms. The highest BCUT2D eigenvalue weighted by Crippen LogP contribution is 2.38. The van der Waals surface area contributed by atoms with Crippen LogP contribution in [-0.2, 0) is 18.4 Å². The van der Waals surface area contributed by atoms with Crippen LogP contribution >= 0.6 is 7.82 Å². The van der Waals surface area contributed by atoms with E-state index in [0.29, 0.717) is 17.4 Å². The summed E-state index contributed by atoms with van der Waals surface area (Å²) in [4.78, 5) is 25.5. The molecule has 8 nitrogen and oxygen atoms in total. The third-order valence-corrected chi connectivity index (χ3v) is 14.0. The van der Waals surface area contributed by atoms with E-state index in [1.165, 1.54) is 135 Å². The van der Waals surface area contributed by atoms with Gasteiger partial charge in [-0.25, -0.2) is 0 Å². The van der Waals surface area contributed by atoms with Gasteiger partial charge in [0, 0.05) is 6.42 Å². The van der Waals surface area contributed by atoms with E-state index in [1.54, 1.807) is 6.08 Å². The molecular formula is C64H115N2O6P. The number of unbranched alkanes of at least 4 members (excludes halogenated alkanes) is 27. The normalized spacial score (nSPS) is 14.6. The lowest BCUT2D eigenvalue weighted by Gasteiger charge is -2.29. The van der Waals surface area contributed by atoms with Crippen molar-refractivity contribution >= 4 is 13.7 Å². The lowest BCUT2D eigenvalue weighted by Crippen LogP contribution is -2.45. The Bertz CT molecular complexity index is 1510. The first-order chi connectivity index (χ1) is 35.5. The van der Waals surface area contributed by atoms with Gasteiger partial charge in [0.15, 0.2) is 0 Å². The Hall–Kier alpha value is -2.58. The summed E-state index contributed by atoms with van der Waals surface area (Å²) in [7, 11) is 1.24. The fraction of sp³-hybridized carbons (Fsp3) is 0.734. The zero-order valence-electron chi connectivity index (χ0n) is 48.1. The number of likely N-dealkylation sites (N-methyl/N-ethyl adjacent to an activating group) is 1. The van der Waals surface area contributed by atoms with Crippen LogP contribution < -0.4 is 10.2 Å². The van der Waals surface area contributed by atoms with Crippen molar-refractivity contribution in [3.05, 3.63) is 97.2 Å². The van der Waals surface area contributed by atoms with Crippen LogP contribution in [0.1, 0.15) is 251 Å². The Kier molecular flexibility index (Phi) is 52.3. The Morgan fingerprint density at radius 2 is 0.836 bits per heavy atom. The van der Waals surface area contributed by atoms with E-state index in [0.717, 1.165) is 96.3 Å². The zero-order valence-corrected chi connectivity index (χ0v) is 49.0. The standard InChI is InChI=1S/C64H115N2O6P/c1-6-8-10-12-14-16-18-20-22-24-26-28-30-31-32-33-34-35-36-38-40-42-44-46-48-50-52-54-56-58-64(68)65-62(61-72-73(69,70)71-60-59-66(3,4)5)63(67)57-55-53-51-49-47-45-43-41-39-37-29-27-25-23-21-19-17-15-13-11-9-7-2/h8,10,14,16,20,22,26,28,31-32,34-35,38,40,55,57,62-63,67H,6-7,9,11-13,15,17-19,21,23-25,27,29-30,33,36-37,39,41-54,56,58-61H2,1-5H3,(H-,65,68,69,70)/b10-8-,16-14-,22-20-,28-26-,32-31-,35-34-,40-38-,57-55+. The Morgan fingerprint density at radius 3 is 1.22 bits per heavy atom. The van der Waals surface area contributed by atoms with Crippen LogP contribution in [0.2, 0.25) is 0 Å². The average Bonchev–Trinajstić information content (AvgIpc) is 3.35. The molecule has 0 heterocycles.